The van der Waals surface area contributed by atoms with Gasteiger partial charge in [0.2, 0.25) is 0 Å². The molecule has 4 nitrogen and oxygen atoms in total. The lowest BCUT2D eigenvalue weighted by Crippen LogP contribution is -2.61. The number of furan rings is 1. The van der Waals surface area contributed by atoms with E-state index in [4.69, 9.17) is 4.42 Å². The van der Waals surface area contributed by atoms with Crippen molar-refractivity contribution in [2.45, 2.75) is 115 Å². The van der Waals surface area contributed by atoms with Gasteiger partial charge in [-0.25, -0.2) is 0 Å². The zero-order valence-corrected chi connectivity index (χ0v) is 56.1. The molecule has 466 valence electrons. The highest BCUT2D eigenvalue weighted by molar-refractivity contribution is 7.00. The highest BCUT2D eigenvalue weighted by Crippen LogP contribution is 2.52. The molecule has 16 rings (SSSR count). The van der Waals surface area contributed by atoms with Crippen molar-refractivity contribution in [3.63, 3.8) is 0 Å². The molecule has 0 amide bonds. The van der Waals surface area contributed by atoms with E-state index < -0.39 is 0 Å². The van der Waals surface area contributed by atoms with E-state index in [-0.39, 0.29) is 28.4 Å². The van der Waals surface area contributed by atoms with Crippen molar-refractivity contribution in [2.24, 2.45) is 0 Å². The summed E-state index contributed by atoms with van der Waals surface area (Å²) < 4.78 is 7.48. The zero-order valence-electron chi connectivity index (χ0n) is 56.1. The van der Waals surface area contributed by atoms with Gasteiger partial charge in [-0.05, 0) is 152 Å². The molecule has 1 fully saturated rings. The first kappa shape index (κ1) is 59.9. The summed E-state index contributed by atoms with van der Waals surface area (Å²) in [6.45, 7) is 18.8. The van der Waals surface area contributed by atoms with E-state index in [0.717, 1.165) is 67.7 Å². The second kappa shape index (κ2) is 23.4. The van der Waals surface area contributed by atoms with E-state index >= 15 is 0 Å². The monoisotopic (exact) mass is 1230 g/mol. The minimum absolute atomic E-state index is 0.181. The van der Waals surface area contributed by atoms with E-state index in [9.17, 15) is 0 Å². The van der Waals surface area contributed by atoms with Gasteiger partial charge in [-0.1, -0.05) is 293 Å². The molecule has 3 heterocycles. The number of nitrogens with zero attached hydrogens (tertiary/aromatic N) is 3. The third kappa shape index (κ3) is 10.1. The molecule has 0 spiro atoms. The molecule has 0 N–H and O–H groups in total. The first-order chi connectivity index (χ1) is 46.2. The van der Waals surface area contributed by atoms with E-state index in [1.54, 1.807) is 0 Å². The molecule has 0 saturated heterocycles. The summed E-state index contributed by atoms with van der Waals surface area (Å²) in [6.07, 6.45) is 6.19. The highest BCUT2D eigenvalue weighted by atomic mass is 16.3. The summed E-state index contributed by atoms with van der Waals surface area (Å²) >= 11 is 0. The van der Waals surface area contributed by atoms with Crippen molar-refractivity contribution in [1.29, 1.82) is 0 Å². The van der Waals surface area contributed by atoms with Crippen molar-refractivity contribution in [3.8, 4) is 0 Å². The Hall–Kier alpha value is -10.1. The van der Waals surface area contributed by atoms with E-state index in [0.29, 0.717) is 5.92 Å². The second-order valence-corrected chi connectivity index (χ2v) is 29.1. The molecule has 0 bridgehead atoms. The summed E-state index contributed by atoms with van der Waals surface area (Å²) in [7, 11) is 0. The van der Waals surface area contributed by atoms with Gasteiger partial charge in [0.25, 0.3) is 6.71 Å². The first-order valence-corrected chi connectivity index (χ1v) is 34.5. The topological polar surface area (TPSA) is 22.9 Å². The van der Waals surface area contributed by atoms with Crippen LogP contribution in [-0.4, -0.2) is 6.71 Å². The Morgan fingerprint density at radius 1 is 0.337 bits per heavy atom. The third-order valence-electron chi connectivity index (χ3n) is 22.3. The number of para-hydroxylation sites is 3. The fourth-order valence-corrected chi connectivity index (χ4v) is 16.3. The lowest BCUT2D eigenvalue weighted by Gasteiger charge is -2.46. The van der Waals surface area contributed by atoms with Crippen molar-refractivity contribution < 1.29 is 4.42 Å². The molecule has 0 unspecified atom stereocenters. The van der Waals surface area contributed by atoms with Crippen LogP contribution in [0.25, 0.3) is 21.9 Å². The molecular formula is C90H82BN3O. The summed E-state index contributed by atoms with van der Waals surface area (Å²) in [5.41, 5.74) is 25.9. The Morgan fingerprint density at radius 3 is 1.16 bits per heavy atom. The van der Waals surface area contributed by atoms with Crippen LogP contribution in [-0.2, 0) is 21.7 Å². The maximum absolute atomic E-state index is 7.48. The van der Waals surface area contributed by atoms with Crippen LogP contribution in [0.15, 0.2) is 290 Å². The molecule has 13 aromatic rings. The summed E-state index contributed by atoms with van der Waals surface area (Å²) in [5.74, 6) is 0.476. The Bertz CT molecular complexity index is 4750. The van der Waals surface area contributed by atoms with Gasteiger partial charge in [-0.3, -0.25) is 0 Å². The Kier molecular flexibility index (Phi) is 14.8. The van der Waals surface area contributed by atoms with Gasteiger partial charge < -0.3 is 19.1 Å². The smallest absolute Gasteiger partial charge is 0.252 e. The van der Waals surface area contributed by atoms with Gasteiger partial charge in [0.15, 0.2) is 5.58 Å². The average Bonchev–Trinajstić information content (AvgIpc) is 1.08. The molecule has 1 aromatic heterocycles. The molecule has 0 atom stereocenters. The fraction of sp³-hybridized carbons (Fsp3) is 0.200. The van der Waals surface area contributed by atoms with Crippen LogP contribution < -0.4 is 31.1 Å². The van der Waals surface area contributed by atoms with Crippen LogP contribution in [0.5, 0.6) is 0 Å². The normalized spacial score (nSPS) is 14.2. The number of anilines is 9. The summed E-state index contributed by atoms with van der Waals surface area (Å²) in [5, 5.41) is 2.30. The minimum Gasteiger partial charge on any atom is -0.454 e. The fourth-order valence-electron chi connectivity index (χ4n) is 16.3. The van der Waals surface area contributed by atoms with Crippen LogP contribution in [0.4, 0.5) is 51.2 Å². The predicted octanol–water partition coefficient (Wildman–Crippen LogP) is 22.5. The van der Waals surface area contributed by atoms with Gasteiger partial charge in [0.1, 0.15) is 5.58 Å². The van der Waals surface area contributed by atoms with Gasteiger partial charge in [0.05, 0.1) is 11.4 Å². The Morgan fingerprint density at radius 2 is 0.716 bits per heavy atom. The lowest BCUT2D eigenvalue weighted by molar-refractivity contribution is 0.442. The first-order valence-electron chi connectivity index (χ1n) is 34.5. The molecule has 2 aliphatic heterocycles. The highest BCUT2D eigenvalue weighted by Gasteiger charge is 2.46. The largest absolute Gasteiger partial charge is 0.454 e. The molecule has 1 aliphatic carbocycles. The second-order valence-electron chi connectivity index (χ2n) is 29.1. The van der Waals surface area contributed by atoms with Crippen LogP contribution in [0.1, 0.15) is 143 Å². The van der Waals surface area contributed by atoms with Crippen LogP contribution in [0, 0.1) is 0 Å². The average molecular weight is 1230 g/mol. The van der Waals surface area contributed by atoms with Crippen LogP contribution in [0.2, 0.25) is 0 Å². The Labute approximate surface area is 562 Å². The van der Waals surface area contributed by atoms with Crippen molar-refractivity contribution >= 4 is 96.2 Å². The lowest BCUT2D eigenvalue weighted by atomic mass is 9.33. The van der Waals surface area contributed by atoms with Gasteiger partial charge in [-0.15, -0.1) is 0 Å². The number of hydrogen-bond donors (Lipinski definition) is 0. The quantitative estimate of drug-likeness (QED) is 0.101. The summed E-state index contributed by atoms with van der Waals surface area (Å²) in [4.78, 5) is 7.67. The Balaban J connectivity index is 0.999. The van der Waals surface area contributed by atoms with Crippen molar-refractivity contribution in [3.05, 3.63) is 335 Å². The van der Waals surface area contributed by atoms with Crippen molar-refractivity contribution in [2.75, 3.05) is 14.7 Å². The molecule has 5 heteroatoms. The SMILES string of the molecule is CC(C)(c1ccccc1)c1ccc(N2c3ccc(C(C)(C)c4ccccc4)cc3B3c4cc(C(C)(C)c5ccccc5)ccc4N(c4ccc(C(C)(C)c5ccccc5)cc4)c4cc(N(c5ccccc5)c5cccc6c5oc5c(C7CCCCC7)cccc56)cc2c43)cc1. The van der Waals surface area contributed by atoms with Crippen molar-refractivity contribution in [1.82, 2.24) is 0 Å². The summed E-state index contributed by atoms with van der Waals surface area (Å²) in [6, 6.07) is 108. The van der Waals surface area contributed by atoms with Crippen LogP contribution in [0.3, 0.4) is 0 Å². The number of hydrogen-bond acceptors (Lipinski definition) is 4. The number of benzene rings is 12. The molecular weight excluding hydrogens is 1150 g/mol. The number of rotatable bonds is 14. The molecule has 1 saturated carbocycles. The molecule has 12 aromatic carbocycles. The molecule has 3 aliphatic rings. The van der Waals surface area contributed by atoms with E-state index in [1.807, 2.05) is 0 Å². The van der Waals surface area contributed by atoms with Gasteiger partial charge in [-0.2, -0.15) is 0 Å². The molecule has 0 radical (unpaired) electrons. The third-order valence-corrected chi connectivity index (χ3v) is 22.3. The van der Waals surface area contributed by atoms with E-state index in [2.05, 4.69) is 355 Å². The maximum Gasteiger partial charge on any atom is 0.252 e. The molecule has 95 heavy (non-hydrogen) atoms. The minimum atomic E-state index is -0.320. The predicted molar refractivity (Wildman–Crippen MR) is 403 cm³/mol. The van der Waals surface area contributed by atoms with Crippen LogP contribution >= 0.6 is 0 Å². The van der Waals surface area contributed by atoms with Gasteiger partial charge >= 0.3 is 0 Å². The zero-order chi connectivity index (χ0) is 64.8. The maximum atomic E-state index is 7.48. The standard InChI is InChI=1S/C90H82BN3O/c1-87(2,62-31-17-10-18-32-62)66-45-51-71(52-46-66)93-79-55-49-68(89(5,6)64-35-21-12-22-36-64)57-77(79)91-78-58-69(90(7,8)65-37-23-13-24-38-65)50-56-80(78)94(72-53-47-67(48-54-72)88(3,4)63-33-19-11-20-34-63)83-60-73(59-82(93)84(83)91)92(70-39-25-14-26-40-70)81-44-28-43-76-75-42-27-41-74(85(75)95-86(76)81)61-29-15-9-16-30-61/h10-14,17-28,31-61H,9,15-16,29-30H2,1-8H3. The van der Waals surface area contributed by atoms with Gasteiger partial charge in [0, 0.05) is 72.2 Å². The van der Waals surface area contributed by atoms with E-state index in [1.165, 1.54) is 104 Å². The number of fused-ring (bicyclic) bond motifs is 7.